The van der Waals surface area contributed by atoms with Gasteiger partial charge in [-0.15, -0.1) is 0 Å². The third kappa shape index (κ3) is 7.84. The fraction of sp³-hybridized carbons (Fsp3) is 0.400. The molecule has 0 bridgehead atoms. The third-order valence-electron chi connectivity index (χ3n) is 5.81. The Morgan fingerprint density at radius 1 is 0.971 bits per heavy atom. The van der Waals surface area contributed by atoms with Crippen molar-refractivity contribution < 1.29 is 9.53 Å². The maximum Gasteiger partial charge on any atom is 0.166 e. The van der Waals surface area contributed by atoms with Crippen molar-refractivity contribution in [2.75, 3.05) is 11.1 Å². The monoisotopic (exact) mass is 475 g/mol. The van der Waals surface area contributed by atoms with E-state index in [9.17, 15) is 4.79 Å². The van der Waals surface area contributed by atoms with E-state index >= 15 is 0 Å². The number of nitrogens with zero attached hydrogens (tertiary/aromatic N) is 1. The van der Waals surface area contributed by atoms with Crippen LogP contribution in [0.5, 0.6) is 11.5 Å². The lowest BCUT2D eigenvalue weighted by Crippen LogP contribution is -2.17. The number of nitrogens with one attached hydrogen (secondary N) is 1. The molecule has 2 atom stereocenters. The number of hydrogen-bond donors (Lipinski definition) is 2. The number of ether oxygens (including phenoxy) is 1. The zero-order valence-corrected chi connectivity index (χ0v) is 22.3. The number of nitrogens with two attached hydrogens (primary N) is 1. The minimum Gasteiger partial charge on any atom is -0.457 e. The molecule has 1 heterocycles. The molecule has 0 saturated carbocycles. The number of carbonyl (C=O) groups excluding carboxylic acids is 1. The zero-order valence-electron chi connectivity index (χ0n) is 22.3. The van der Waals surface area contributed by atoms with Gasteiger partial charge in [0.15, 0.2) is 5.78 Å². The van der Waals surface area contributed by atoms with Crippen molar-refractivity contribution in [3.63, 3.8) is 0 Å². The molecule has 0 aliphatic rings. The second-order valence-corrected chi connectivity index (χ2v) is 9.01. The van der Waals surface area contributed by atoms with Gasteiger partial charge in [-0.2, -0.15) is 0 Å². The smallest absolute Gasteiger partial charge is 0.166 e. The predicted octanol–water partition coefficient (Wildman–Crippen LogP) is 8.15. The van der Waals surface area contributed by atoms with E-state index in [1.807, 2.05) is 69.3 Å². The molecule has 0 aliphatic heterocycles. The summed E-state index contributed by atoms with van der Waals surface area (Å²) in [5.41, 5.74) is 9.93. The van der Waals surface area contributed by atoms with Crippen LogP contribution in [0.2, 0.25) is 0 Å². The summed E-state index contributed by atoms with van der Waals surface area (Å²) in [6, 6.07) is 17.6. The van der Waals surface area contributed by atoms with Gasteiger partial charge in [0.05, 0.1) is 0 Å². The topological polar surface area (TPSA) is 77.2 Å². The van der Waals surface area contributed by atoms with Crippen LogP contribution >= 0.6 is 0 Å². The summed E-state index contributed by atoms with van der Waals surface area (Å²) in [6.45, 7) is 14.4. The second kappa shape index (κ2) is 13.5. The summed E-state index contributed by atoms with van der Waals surface area (Å²) < 4.78 is 5.93. The molecule has 1 unspecified atom stereocenters. The van der Waals surface area contributed by atoms with Gasteiger partial charge in [0.2, 0.25) is 0 Å². The Morgan fingerprint density at radius 3 is 2.03 bits per heavy atom. The van der Waals surface area contributed by atoms with Crippen molar-refractivity contribution in [1.82, 2.24) is 4.98 Å². The summed E-state index contributed by atoms with van der Waals surface area (Å²) in [5.74, 6) is 2.68. The first-order chi connectivity index (χ1) is 16.7. The molecule has 0 saturated heterocycles. The van der Waals surface area contributed by atoms with Crippen molar-refractivity contribution in [1.29, 1.82) is 0 Å². The Kier molecular flexibility index (Phi) is 10.8. The number of nitrogen functional groups attached to an aromatic ring is 1. The van der Waals surface area contributed by atoms with Crippen LogP contribution in [0.3, 0.4) is 0 Å². The molecular formula is C30H41N3O2. The van der Waals surface area contributed by atoms with E-state index in [4.69, 9.17) is 10.5 Å². The van der Waals surface area contributed by atoms with Crippen LogP contribution in [-0.2, 0) is 6.42 Å². The highest BCUT2D eigenvalue weighted by molar-refractivity contribution is 6.00. The zero-order chi connectivity index (χ0) is 26.0. The van der Waals surface area contributed by atoms with Crippen molar-refractivity contribution in [3.8, 4) is 11.5 Å². The number of aromatic nitrogens is 1. The summed E-state index contributed by atoms with van der Waals surface area (Å²) in [4.78, 5) is 17.4. The van der Waals surface area contributed by atoms with Gasteiger partial charge in [-0.05, 0) is 62.6 Å². The van der Waals surface area contributed by atoms with Crippen LogP contribution < -0.4 is 15.8 Å². The number of benzene rings is 2. The lowest BCUT2D eigenvalue weighted by molar-refractivity contribution is 0.0926. The van der Waals surface area contributed by atoms with Gasteiger partial charge in [-0.3, -0.25) is 4.79 Å². The normalized spacial score (nSPS) is 12.2. The first-order valence-electron chi connectivity index (χ1n) is 12.7. The fourth-order valence-electron chi connectivity index (χ4n) is 3.59. The predicted molar refractivity (Wildman–Crippen MR) is 148 cm³/mol. The number of anilines is 2. The molecule has 0 radical (unpaired) electrons. The second-order valence-electron chi connectivity index (χ2n) is 9.01. The quantitative estimate of drug-likeness (QED) is 0.305. The fourth-order valence-corrected chi connectivity index (χ4v) is 3.59. The standard InChI is InChI=1S/C27H33N3O2.C3H8/c1-6-18(4)26(31)24-16-25(28)30-27(23(24)7-2)29-19(5)20-10-14-22(15-11-20)32-21-12-8-17(3)9-13-21;1-3-2/h8-16,18-19H,6-7H2,1-5H3,(H3,28,29,30);3H2,1-2H3/t18?,19-;/m0./s1. The van der Waals surface area contributed by atoms with Crippen LogP contribution in [0.15, 0.2) is 54.6 Å². The number of carbonyl (C=O) groups is 1. The Balaban J connectivity index is 0.00000137. The van der Waals surface area contributed by atoms with E-state index in [0.717, 1.165) is 29.0 Å². The van der Waals surface area contributed by atoms with E-state index < -0.39 is 0 Å². The van der Waals surface area contributed by atoms with Crippen LogP contribution in [0.4, 0.5) is 11.6 Å². The Morgan fingerprint density at radius 2 is 1.51 bits per heavy atom. The molecule has 3 aromatic rings. The van der Waals surface area contributed by atoms with E-state index in [1.54, 1.807) is 6.07 Å². The lowest BCUT2D eigenvalue weighted by Gasteiger charge is -2.21. The largest absolute Gasteiger partial charge is 0.457 e. The SMILES string of the molecule is CCC.CCc1c(C(=O)C(C)CC)cc(N)nc1N[C@@H](C)c1ccc(Oc2ccc(C)cc2)cc1. The van der Waals surface area contributed by atoms with E-state index in [0.29, 0.717) is 23.6 Å². The first-order valence-corrected chi connectivity index (χ1v) is 12.7. The highest BCUT2D eigenvalue weighted by Crippen LogP contribution is 2.29. The lowest BCUT2D eigenvalue weighted by atomic mass is 9.93. The molecule has 35 heavy (non-hydrogen) atoms. The number of Topliss-reactive ketones (excluding diaryl/α,β-unsaturated/α-hetero) is 1. The van der Waals surface area contributed by atoms with Gasteiger partial charge < -0.3 is 15.8 Å². The van der Waals surface area contributed by atoms with Crippen LogP contribution in [-0.4, -0.2) is 10.8 Å². The molecule has 188 valence electrons. The number of ketones is 1. The highest BCUT2D eigenvalue weighted by atomic mass is 16.5. The van der Waals surface area contributed by atoms with Gasteiger partial charge in [0, 0.05) is 23.1 Å². The average Bonchev–Trinajstić information content (AvgIpc) is 2.85. The third-order valence-corrected chi connectivity index (χ3v) is 5.81. The van der Waals surface area contributed by atoms with Crippen LogP contribution in [0.25, 0.3) is 0 Å². The number of hydrogen-bond acceptors (Lipinski definition) is 5. The maximum atomic E-state index is 12.9. The Labute approximate surface area is 211 Å². The summed E-state index contributed by atoms with van der Waals surface area (Å²) in [7, 11) is 0. The summed E-state index contributed by atoms with van der Waals surface area (Å²) in [6.07, 6.45) is 2.74. The molecule has 3 rings (SSSR count). The molecule has 5 heteroatoms. The molecule has 5 nitrogen and oxygen atoms in total. The first kappa shape index (κ1) is 27.9. The Hall–Kier alpha value is -3.34. The van der Waals surface area contributed by atoms with Crippen LogP contribution in [0, 0.1) is 12.8 Å². The van der Waals surface area contributed by atoms with E-state index in [1.165, 1.54) is 12.0 Å². The van der Waals surface area contributed by atoms with Crippen molar-refractivity contribution in [2.45, 2.75) is 73.8 Å². The minimum atomic E-state index is -0.0477. The van der Waals surface area contributed by atoms with Crippen molar-refractivity contribution in [3.05, 3.63) is 76.9 Å². The molecule has 2 aromatic carbocycles. The molecular weight excluding hydrogens is 434 g/mol. The van der Waals surface area contributed by atoms with Crippen LogP contribution in [0.1, 0.15) is 87.5 Å². The van der Waals surface area contributed by atoms with Crippen molar-refractivity contribution in [2.24, 2.45) is 5.92 Å². The van der Waals surface area contributed by atoms with E-state index in [-0.39, 0.29) is 17.7 Å². The maximum absolute atomic E-state index is 12.9. The number of pyridine rings is 1. The highest BCUT2D eigenvalue weighted by Gasteiger charge is 2.21. The number of rotatable bonds is 9. The summed E-state index contributed by atoms with van der Waals surface area (Å²) in [5, 5.41) is 3.46. The Bertz CT molecular complexity index is 1080. The molecule has 0 fully saturated rings. The molecule has 0 aliphatic carbocycles. The molecule has 1 aromatic heterocycles. The molecule has 0 amide bonds. The van der Waals surface area contributed by atoms with Gasteiger partial charge in [-0.1, -0.05) is 70.9 Å². The average molecular weight is 476 g/mol. The van der Waals surface area contributed by atoms with Gasteiger partial charge in [0.1, 0.15) is 23.1 Å². The minimum absolute atomic E-state index is 0.0189. The van der Waals surface area contributed by atoms with Gasteiger partial charge in [-0.25, -0.2) is 4.98 Å². The van der Waals surface area contributed by atoms with E-state index in [2.05, 4.69) is 38.0 Å². The van der Waals surface area contributed by atoms with Crippen molar-refractivity contribution >= 4 is 17.4 Å². The van der Waals surface area contributed by atoms with Gasteiger partial charge >= 0.3 is 0 Å². The van der Waals surface area contributed by atoms with Gasteiger partial charge in [0.25, 0.3) is 0 Å². The molecule has 3 N–H and O–H groups in total. The number of aryl methyl sites for hydroxylation is 1. The molecule has 0 spiro atoms. The summed E-state index contributed by atoms with van der Waals surface area (Å²) >= 11 is 0.